The number of hydrogen-bond acceptors (Lipinski definition) is 1. The molecule has 10 heavy (non-hydrogen) atoms. The summed E-state index contributed by atoms with van der Waals surface area (Å²) in [6, 6.07) is 0.448. The van der Waals surface area contributed by atoms with Crippen LogP contribution in [0.1, 0.15) is 26.7 Å². The normalized spacial score (nSPS) is 34.7. The summed E-state index contributed by atoms with van der Waals surface area (Å²) in [6.45, 7) is 4.11. The smallest absolute Gasteiger partial charge is 0.225 e. The van der Waals surface area contributed by atoms with Gasteiger partial charge in [0.15, 0.2) is 0 Å². The fraction of sp³-hybridized carbons (Fsp3) is 0.875. The van der Waals surface area contributed by atoms with Crippen molar-refractivity contribution in [2.24, 2.45) is 5.92 Å². The van der Waals surface area contributed by atoms with Crippen molar-refractivity contribution in [3.05, 3.63) is 0 Å². The minimum Gasteiger partial charge on any atom is -0.343 e. The molecule has 2 atom stereocenters. The molecule has 0 bridgehead atoms. The Morgan fingerprint density at radius 2 is 2.00 bits per heavy atom. The molecule has 0 spiro atoms. The van der Waals surface area contributed by atoms with Crippen LogP contribution in [0.5, 0.6) is 0 Å². The van der Waals surface area contributed by atoms with Gasteiger partial charge in [-0.3, -0.25) is 4.79 Å². The first kappa shape index (κ1) is 7.58. The van der Waals surface area contributed by atoms with Crippen LogP contribution in [0, 0.1) is 5.92 Å². The molecule has 0 aromatic rings. The van der Waals surface area contributed by atoms with Gasteiger partial charge in [0.1, 0.15) is 0 Å². The average molecular weight is 141 g/mol. The molecule has 1 heterocycles. The Balaban J connectivity index is 2.60. The lowest BCUT2D eigenvalue weighted by atomic mass is 9.95. The van der Waals surface area contributed by atoms with Crippen LogP contribution in [0.15, 0.2) is 0 Å². The van der Waals surface area contributed by atoms with E-state index in [-0.39, 0.29) is 5.92 Å². The number of rotatable bonds is 0. The van der Waals surface area contributed by atoms with Gasteiger partial charge in [-0.2, -0.15) is 0 Å². The number of amides is 1. The van der Waals surface area contributed by atoms with Crippen LogP contribution in [-0.4, -0.2) is 23.9 Å². The van der Waals surface area contributed by atoms with Crippen molar-refractivity contribution in [2.45, 2.75) is 32.7 Å². The van der Waals surface area contributed by atoms with Crippen molar-refractivity contribution >= 4 is 5.91 Å². The molecule has 2 heteroatoms. The van der Waals surface area contributed by atoms with E-state index in [2.05, 4.69) is 6.92 Å². The van der Waals surface area contributed by atoms with Crippen molar-refractivity contribution in [1.29, 1.82) is 0 Å². The molecule has 1 aliphatic heterocycles. The summed E-state index contributed by atoms with van der Waals surface area (Å²) >= 11 is 0. The second-order valence-electron chi connectivity index (χ2n) is 3.28. The number of hydrogen-bond donors (Lipinski definition) is 0. The lowest BCUT2D eigenvalue weighted by Crippen LogP contribution is -2.42. The predicted octanol–water partition coefficient (Wildman–Crippen LogP) is 1.26. The Labute approximate surface area is 62.2 Å². The summed E-state index contributed by atoms with van der Waals surface area (Å²) in [5.41, 5.74) is 0. The van der Waals surface area contributed by atoms with E-state index in [9.17, 15) is 4.79 Å². The van der Waals surface area contributed by atoms with Gasteiger partial charge in [0.25, 0.3) is 0 Å². The second kappa shape index (κ2) is 2.60. The standard InChI is InChI=1S/C8H15NO/c1-6-4-5-7(2)9(3)8(6)10/h6-7H,4-5H2,1-3H3. The van der Waals surface area contributed by atoms with Gasteiger partial charge in [-0.05, 0) is 19.8 Å². The molecule has 0 saturated carbocycles. The van der Waals surface area contributed by atoms with Crippen LogP contribution < -0.4 is 0 Å². The van der Waals surface area contributed by atoms with Gasteiger partial charge < -0.3 is 4.90 Å². The lowest BCUT2D eigenvalue weighted by molar-refractivity contribution is -0.138. The van der Waals surface area contributed by atoms with E-state index in [1.165, 1.54) is 0 Å². The van der Waals surface area contributed by atoms with Crippen LogP contribution >= 0.6 is 0 Å². The molecule has 1 aliphatic rings. The minimum absolute atomic E-state index is 0.251. The number of piperidine rings is 1. The van der Waals surface area contributed by atoms with Crippen molar-refractivity contribution < 1.29 is 4.79 Å². The summed E-state index contributed by atoms with van der Waals surface area (Å²) in [6.07, 6.45) is 2.22. The quantitative estimate of drug-likeness (QED) is 0.497. The molecule has 1 rings (SSSR count). The Morgan fingerprint density at radius 3 is 2.50 bits per heavy atom. The Kier molecular flexibility index (Phi) is 1.97. The highest BCUT2D eigenvalue weighted by atomic mass is 16.2. The molecule has 1 amide bonds. The zero-order valence-electron chi connectivity index (χ0n) is 6.92. The number of nitrogens with zero attached hydrogens (tertiary/aromatic N) is 1. The zero-order chi connectivity index (χ0) is 7.72. The van der Waals surface area contributed by atoms with Crippen molar-refractivity contribution in [2.75, 3.05) is 7.05 Å². The second-order valence-corrected chi connectivity index (χ2v) is 3.28. The Morgan fingerprint density at radius 1 is 1.40 bits per heavy atom. The summed E-state index contributed by atoms with van der Waals surface area (Å²) < 4.78 is 0. The first-order chi connectivity index (χ1) is 4.63. The molecule has 0 radical (unpaired) electrons. The highest BCUT2D eigenvalue weighted by Gasteiger charge is 2.26. The van der Waals surface area contributed by atoms with Gasteiger partial charge in [-0.1, -0.05) is 6.92 Å². The van der Waals surface area contributed by atoms with Crippen LogP contribution in [0.4, 0.5) is 0 Å². The number of carbonyl (C=O) groups excluding carboxylic acids is 1. The van der Waals surface area contributed by atoms with Gasteiger partial charge in [0.05, 0.1) is 0 Å². The van der Waals surface area contributed by atoms with E-state index in [1.54, 1.807) is 0 Å². The van der Waals surface area contributed by atoms with Crippen molar-refractivity contribution in [1.82, 2.24) is 4.90 Å². The topological polar surface area (TPSA) is 20.3 Å². The first-order valence-electron chi connectivity index (χ1n) is 3.89. The zero-order valence-corrected chi connectivity index (χ0v) is 6.92. The molecule has 2 nitrogen and oxygen atoms in total. The maximum atomic E-state index is 11.3. The highest BCUT2D eigenvalue weighted by molar-refractivity contribution is 5.79. The number of likely N-dealkylation sites (tertiary alicyclic amines) is 1. The molecule has 1 fully saturated rings. The van der Waals surface area contributed by atoms with Crippen LogP contribution in [-0.2, 0) is 4.79 Å². The summed E-state index contributed by atoms with van der Waals surface area (Å²) in [7, 11) is 1.89. The molecular formula is C8H15NO. The van der Waals surface area contributed by atoms with E-state index in [1.807, 2.05) is 18.9 Å². The molecule has 0 aromatic carbocycles. The molecule has 0 aliphatic carbocycles. The maximum Gasteiger partial charge on any atom is 0.225 e. The fourth-order valence-electron chi connectivity index (χ4n) is 1.37. The van der Waals surface area contributed by atoms with Gasteiger partial charge in [-0.15, -0.1) is 0 Å². The molecular weight excluding hydrogens is 126 g/mol. The van der Waals surface area contributed by atoms with Gasteiger partial charge in [-0.25, -0.2) is 0 Å². The van der Waals surface area contributed by atoms with Gasteiger partial charge in [0, 0.05) is 19.0 Å². The van der Waals surface area contributed by atoms with E-state index in [0.29, 0.717) is 11.9 Å². The fourth-order valence-corrected chi connectivity index (χ4v) is 1.37. The Bertz CT molecular complexity index is 144. The number of carbonyl (C=O) groups is 1. The van der Waals surface area contributed by atoms with Crippen LogP contribution in [0.2, 0.25) is 0 Å². The average Bonchev–Trinajstić information content (AvgIpc) is 1.93. The summed E-state index contributed by atoms with van der Waals surface area (Å²) in [4.78, 5) is 13.1. The SMILES string of the molecule is CC1CCC(C)N(C)C1=O. The van der Waals surface area contributed by atoms with Crippen LogP contribution in [0.25, 0.3) is 0 Å². The third-order valence-electron chi connectivity index (χ3n) is 2.45. The molecule has 0 aromatic heterocycles. The minimum atomic E-state index is 0.251. The molecule has 58 valence electrons. The molecule has 0 N–H and O–H groups in total. The first-order valence-corrected chi connectivity index (χ1v) is 3.89. The third kappa shape index (κ3) is 1.15. The van der Waals surface area contributed by atoms with Gasteiger partial charge >= 0.3 is 0 Å². The summed E-state index contributed by atoms with van der Waals surface area (Å²) in [5, 5.41) is 0. The summed E-state index contributed by atoms with van der Waals surface area (Å²) in [5.74, 6) is 0.556. The largest absolute Gasteiger partial charge is 0.343 e. The maximum absolute atomic E-state index is 11.3. The van der Waals surface area contributed by atoms with Crippen LogP contribution in [0.3, 0.4) is 0 Å². The van der Waals surface area contributed by atoms with E-state index >= 15 is 0 Å². The Hall–Kier alpha value is -0.530. The van der Waals surface area contributed by atoms with E-state index in [4.69, 9.17) is 0 Å². The third-order valence-corrected chi connectivity index (χ3v) is 2.45. The predicted molar refractivity (Wildman–Crippen MR) is 40.6 cm³/mol. The highest BCUT2D eigenvalue weighted by Crippen LogP contribution is 2.20. The monoisotopic (exact) mass is 141 g/mol. The molecule has 1 saturated heterocycles. The van der Waals surface area contributed by atoms with Crippen molar-refractivity contribution in [3.63, 3.8) is 0 Å². The van der Waals surface area contributed by atoms with Gasteiger partial charge in [0.2, 0.25) is 5.91 Å². The van der Waals surface area contributed by atoms with E-state index in [0.717, 1.165) is 12.8 Å². The van der Waals surface area contributed by atoms with Crippen molar-refractivity contribution in [3.8, 4) is 0 Å². The van der Waals surface area contributed by atoms with E-state index < -0.39 is 0 Å². The molecule has 2 unspecified atom stereocenters. The lowest BCUT2D eigenvalue weighted by Gasteiger charge is -2.33.